The van der Waals surface area contributed by atoms with Gasteiger partial charge in [-0.2, -0.15) is 0 Å². The summed E-state index contributed by atoms with van der Waals surface area (Å²) in [5.41, 5.74) is -0.676. The van der Waals surface area contributed by atoms with Crippen molar-refractivity contribution in [2.75, 3.05) is 6.54 Å². The standard InChI is InChI=1S/C15H20N2O5/c1-15(2,3)22-14(20)17-9-11(8-12(17)13(18)19)21-10-4-6-16-7-5-10/h4-7,11-12H,8-9H2,1-3H3,(H,18,19). The summed E-state index contributed by atoms with van der Waals surface area (Å²) in [5, 5.41) is 9.30. The van der Waals surface area contributed by atoms with E-state index in [9.17, 15) is 14.7 Å². The third-order valence-corrected chi connectivity index (χ3v) is 3.13. The second-order valence-corrected chi connectivity index (χ2v) is 6.15. The van der Waals surface area contributed by atoms with Gasteiger partial charge in [0.15, 0.2) is 0 Å². The van der Waals surface area contributed by atoms with Crippen molar-refractivity contribution in [1.82, 2.24) is 9.88 Å². The number of hydrogen-bond acceptors (Lipinski definition) is 5. The molecule has 0 radical (unpaired) electrons. The average Bonchev–Trinajstić information content (AvgIpc) is 2.82. The van der Waals surface area contributed by atoms with Gasteiger partial charge in [-0.3, -0.25) is 9.88 Å². The summed E-state index contributed by atoms with van der Waals surface area (Å²) in [5.74, 6) is -0.470. The second kappa shape index (κ2) is 6.21. The molecule has 22 heavy (non-hydrogen) atoms. The molecule has 7 heteroatoms. The summed E-state index contributed by atoms with van der Waals surface area (Å²) in [4.78, 5) is 28.6. The van der Waals surface area contributed by atoms with E-state index in [1.54, 1.807) is 45.3 Å². The Balaban J connectivity index is 2.06. The SMILES string of the molecule is CC(C)(C)OC(=O)N1CC(Oc2ccncc2)CC1C(=O)O. The molecule has 1 saturated heterocycles. The van der Waals surface area contributed by atoms with E-state index in [-0.39, 0.29) is 13.0 Å². The van der Waals surface area contributed by atoms with Gasteiger partial charge in [0, 0.05) is 18.8 Å². The van der Waals surface area contributed by atoms with Crippen molar-refractivity contribution in [3.8, 4) is 5.75 Å². The highest BCUT2D eigenvalue weighted by Crippen LogP contribution is 2.25. The van der Waals surface area contributed by atoms with Crippen LogP contribution in [-0.2, 0) is 9.53 Å². The number of amides is 1. The number of carbonyl (C=O) groups is 2. The lowest BCUT2D eigenvalue weighted by Crippen LogP contribution is -2.43. The van der Waals surface area contributed by atoms with Crippen molar-refractivity contribution in [2.45, 2.75) is 44.9 Å². The van der Waals surface area contributed by atoms with Crippen LogP contribution in [0.1, 0.15) is 27.2 Å². The van der Waals surface area contributed by atoms with Crippen molar-refractivity contribution >= 4 is 12.1 Å². The van der Waals surface area contributed by atoms with Crippen molar-refractivity contribution < 1.29 is 24.2 Å². The molecule has 1 aromatic heterocycles. The minimum absolute atomic E-state index is 0.175. The lowest BCUT2D eigenvalue weighted by molar-refractivity contribution is -0.142. The van der Waals surface area contributed by atoms with Crippen LogP contribution in [0.15, 0.2) is 24.5 Å². The third-order valence-electron chi connectivity index (χ3n) is 3.13. The van der Waals surface area contributed by atoms with Gasteiger partial charge in [0.05, 0.1) is 6.54 Å². The molecule has 1 N–H and O–H groups in total. The zero-order valence-electron chi connectivity index (χ0n) is 12.9. The van der Waals surface area contributed by atoms with Crippen LogP contribution in [0.5, 0.6) is 5.75 Å². The van der Waals surface area contributed by atoms with E-state index in [4.69, 9.17) is 9.47 Å². The molecule has 0 aliphatic carbocycles. The first-order valence-corrected chi connectivity index (χ1v) is 7.05. The highest BCUT2D eigenvalue weighted by molar-refractivity contribution is 5.81. The van der Waals surface area contributed by atoms with Crippen molar-refractivity contribution in [3.05, 3.63) is 24.5 Å². The number of hydrogen-bond donors (Lipinski definition) is 1. The number of pyridine rings is 1. The van der Waals surface area contributed by atoms with Crippen molar-refractivity contribution in [1.29, 1.82) is 0 Å². The highest BCUT2D eigenvalue weighted by atomic mass is 16.6. The van der Waals surface area contributed by atoms with E-state index in [1.165, 1.54) is 4.90 Å². The van der Waals surface area contributed by atoms with Gasteiger partial charge in [0.1, 0.15) is 23.5 Å². The third kappa shape index (κ3) is 4.09. The van der Waals surface area contributed by atoms with Gasteiger partial charge >= 0.3 is 12.1 Å². The molecule has 2 heterocycles. The molecule has 2 unspecified atom stereocenters. The molecular formula is C15H20N2O5. The molecule has 0 saturated carbocycles. The monoisotopic (exact) mass is 308 g/mol. The predicted octanol–water partition coefficient (Wildman–Crippen LogP) is 1.92. The molecule has 1 amide bonds. The molecule has 7 nitrogen and oxygen atoms in total. The van der Waals surface area contributed by atoms with E-state index in [0.29, 0.717) is 5.75 Å². The van der Waals surface area contributed by atoms with Crippen LogP contribution >= 0.6 is 0 Å². The lowest BCUT2D eigenvalue weighted by atomic mass is 10.2. The van der Waals surface area contributed by atoms with Crippen LogP contribution in [-0.4, -0.2) is 51.3 Å². The Morgan fingerprint density at radius 2 is 1.95 bits per heavy atom. The Hall–Kier alpha value is -2.31. The van der Waals surface area contributed by atoms with Gasteiger partial charge in [-0.15, -0.1) is 0 Å². The Bertz CT molecular complexity index is 541. The minimum atomic E-state index is -1.06. The molecule has 1 aliphatic heterocycles. The number of aliphatic carboxylic acids is 1. The molecule has 2 rings (SSSR count). The lowest BCUT2D eigenvalue weighted by Gasteiger charge is -2.26. The van der Waals surface area contributed by atoms with Crippen LogP contribution in [0.25, 0.3) is 0 Å². The fourth-order valence-corrected chi connectivity index (χ4v) is 2.25. The van der Waals surface area contributed by atoms with E-state index >= 15 is 0 Å². The molecule has 1 aromatic rings. The molecule has 1 aliphatic rings. The number of ether oxygens (including phenoxy) is 2. The highest BCUT2D eigenvalue weighted by Gasteiger charge is 2.42. The predicted molar refractivity (Wildman–Crippen MR) is 77.6 cm³/mol. The largest absolute Gasteiger partial charge is 0.488 e. The van der Waals surface area contributed by atoms with Gasteiger partial charge < -0.3 is 14.6 Å². The van der Waals surface area contributed by atoms with E-state index in [0.717, 1.165) is 0 Å². The molecule has 120 valence electrons. The Morgan fingerprint density at radius 3 is 2.50 bits per heavy atom. The maximum Gasteiger partial charge on any atom is 0.411 e. The molecule has 0 aromatic carbocycles. The zero-order chi connectivity index (χ0) is 16.3. The molecular weight excluding hydrogens is 288 g/mol. The number of carboxylic acids is 1. The fourth-order valence-electron chi connectivity index (χ4n) is 2.25. The van der Waals surface area contributed by atoms with Crippen LogP contribution < -0.4 is 4.74 Å². The van der Waals surface area contributed by atoms with E-state index < -0.39 is 29.8 Å². The van der Waals surface area contributed by atoms with Gasteiger partial charge in [0.25, 0.3) is 0 Å². The maximum atomic E-state index is 12.1. The number of carboxylic acid groups (broad SMARTS) is 1. The zero-order valence-corrected chi connectivity index (χ0v) is 12.9. The van der Waals surface area contributed by atoms with Crippen LogP contribution in [0.4, 0.5) is 4.79 Å². The quantitative estimate of drug-likeness (QED) is 0.917. The smallest absolute Gasteiger partial charge is 0.411 e. The minimum Gasteiger partial charge on any atom is -0.488 e. The summed E-state index contributed by atoms with van der Waals surface area (Å²) >= 11 is 0. The number of nitrogens with zero attached hydrogens (tertiary/aromatic N) is 2. The number of rotatable bonds is 3. The summed E-state index contributed by atoms with van der Waals surface area (Å²) in [7, 11) is 0. The normalized spacial score (nSPS) is 21.5. The first-order valence-electron chi connectivity index (χ1n) is 7.05. The van der Waals surface area contributed by atoms with Crippen LogP contribution in [0.2, 0.25) is 0 Å². The number of likely N-dealkylation sites (tertiary alicyclic amines) is 1. The van der Waals surface area contributed by atoms with E-state index in [2.05, 4.69) is 4.98 Å². The first-order chi connectivity index (χ1) is 10.3. The van der Waals surface area contributed by atoms with Gasteiger partial charge in [-0.05, 0) is 32.9 Å². The van der Waals surface area contributed by atoms with Crippen molar-refractivity contribution in [3.63, 3.8) is 0 Å². The van der Waals surface area contributed by atoms with Crippen molar-refractivity contribution in [2.24, 2.45) is 0 Å². The maximum absolute atomic E-state index is 12.1. The molecule has 0 spiro atoms. The summed E-state index contributed by atoms with van der Waals surface area (Å²) in [6.07, 6.45) is 2.36. The Labute approximate surface area is 128 Å². The first kappa shape index (κ1) is 16.1. The van der Waals surface area contributed by atoms with Gasteiger partial charge in [0.2, 0.25) is 0 Å². The fraction of sp³-hybridized carbons (Fsp3) is 0.533. The summed E-state index contributed by atoms with van der Waals surface area (Å²) in [6, 6.07) is 2.43. The number of aromatic nitrogens is 1. The average molecular weight is 308 g/mol. The van der Waals surface area contributed by atoms with Gasteiger partial charge in [-0.1, -0.05) is 0 Å². The molecule has 2 atom stereocenters. The number of carbonyl (C=O) groups excluding carboxylic acids is 1. The summed E-state index contributed by atoms with van der Waals surface area (Å²) in [6.45, 7) is 5.39. The second-order valence-electron chi connectivity index (χ2n) is 6.15. The van der Waals surface area contributed by atoms with Gasteiger partial charge in [-0.25, -0.2) is 9.59 Å². The summed E-state index contributed by atoms with van der Waals surface area (Å²) < 4.78 is 11.0. The topological polar surface area (TPSA) is 89.0 Å². The molecule has 0 bridgehead atoms. The Kier molecular flexibility index (Phi) is 4.54. The van der Waals surface area contributed by atoms with E-state index in [1.807, 2.05) is 0 Å². The van der Waals surface area contributed by atoms with Crippen LogP contribution in [0.3, 0.4) is 0 Å². The molecule has 1 fully saturated rings. The van der Waals surface area contributed by atoms with Crippen LogP contribution in [0, 0.1) is 0 Å². The Morgan fingerprint density at radius 1 is 1.32 bits per heavy atom.